The predicted molar refractivity (Wildman–Crippen MR) is 104 cm³/mol. The second-order valence-corrected chi connectivity index (χ2v) is 9.18. The van der Waals surface area contributed by atoms with Crippen LogP contribution in [-0.2, 0) is 4.74 Å². The van der Waals surface area contributed by atoms with E-state index in [1.165, 1.54) is 57.8 Å². The van der Waals surface area contributed by atoms with E-state index in [0.717, 1.165) is 32.1 Å². The molecule has 5 nitrogen and oxygen atoms in total. The molecule has 0 aromatic rings. The third kappa shape index (κ3) is 3.15. The van der Waals surface area contributed by atoms with Crippen LogP contribution in [-0.4, -0.2) is 49.5 Å². The van der Waals surface area contributed by atoms with Crippen molar-refractivity contribution in [1.82, 2.24) is 10.6 Å². The number of aliphatic hydroxyl groups is 1. The van der Waals surface area contributed by atoms with Crippen molar-refractivity contribution >= 4 is 5.96 Å². The van der Waals surface area contributed by atoms with Crippen LogP contribution in [0, 0.1) is 16.7 Å². The largest absolute Gasteiger partial charge is 0.396 e. The van der Waals surface area contributed by atoms with Gasteiger partial charge >= 0.3 is 0 Å². The third-order valence-corrected chi connectivity index (χ3v) is 7.80. The molecule has 1 spiro atoms. The monoisotopic (exact) mass is 363 g/mol. The fraction of sp³-hybridized carbons (Fsp3) is 0.952. The maximum atomic E-state index is 9.56. The molecule has 3 aliphatic carbocycles. The van der Waals surface area contributed by atoms with E-state index in [0.29, 0.717) is 23.5 Å². The molecule has 4 rings (SSSR count). The molecule has 4 fully saturated rings. The Kier molecular flexibility index (Phi) is 5.47. The van der Waals surface area contributed by atoms with Gasteiger partial charge in [-0.1, -0.05) is 25.7 Å². The molecule has 0 aromatic carbocycles. The Morgan fingerprint density at radius 3 is 2.62 bits per heavy atom. The summed E-state index contributed by atoms with van der Waals surface area (Å²) in [4.78, 5) is 5.03. The Hall–Kier alpha value is -0.810. The molecule has 1 heterocycles. The first-order valence-electron chi connectivity index (χ1n) is 11.0. The van der Waals surface area contributed by atoms with Crippen molar-refractivity contribution in [2.24, 2.45) is 21.7 Å². The fourth-order valence-corrected chi connectivity index (χ4v) is 6.20. The van der Waals surface area contributed by atoms with E-state index in [4.69, 9.17) is 9.73 Å². The zero-order valence-electron chi connectivity index (χ0n) is 16.4. The lowest BCUT2D eigenvalue weighted by Crippen LogP contribution is -2.72. The minimum atomic E-state index is 0.210. The van der Waals surface area contributed by atoms with Crippen molar-refractivity contribution in [3.05, 3.63) is 0 Å². The van der Waals surface area contributed by atoms with Crippen LogP contribution in [0.15, 0.2) is 4.99 Å². The summed E-state index contributed by atoms with van der Waals surface area (Å²) in [5.41, 5.74) is 0.590. The summed E-state index contributed by atoms with van der Waals surface area (Å²) in [6.07, 6.45) is 12.9. The molecule has 0 aromatic heterocycles. The smallest absolute Gasteiger partial charge is 0.191 e. The van der Waals surface area contributed by atoms with Crippen LogP contribution in [0.1, 0.15) is 71.1 Å². The zero-order chi connectivity index (χ0) is 18.0. The molecular formula is C21H37N3O2. The highest BCUT2D eigenvalue weighted by atomic mass is 16.5. The highest BCUT2D eigenvalue weighted by Crippen LogP contribution is 2.62. The number of hydrogen-bond donors (Lipinski definition) is 3. The van der Waals surface area contributed by atoms with Crippen molar-refractivity contribution in [3.8, 4) is 0 Å². The number of aliphatic imine (C=N–C) groups is 1. The summed E-state index contributed by atoms with van der Waals surface area (Å²) in [5.74, 6) is 1.65. The van der Waals surface area contributed by atoms with Gasteiger partial charge in [0.25, 0.3) is 0 Å². The second-order valence-electron chi connectivity index (χ2n) is 9.18. The topological polar surface area (TPSA) is 65.9 Å². The Morgan fingerprint density at radius 1 is 1.15 bits per heavy atom. The molecule has 5 heteroatoms. The van der Waals surface area contributed by atoms with Gasteiger partial charge in [0.1, 0.15) is 0 Å². The molecule has 0 radical (unpaired) electrons. The molecule has 3 saturated carbocycles. The summed E-state index contributed by atoms with van der Waals surface area (Å²) >= 11 is 0. The maximum absolute atomic E-state index is 9.56. The van der Waals surface area contributed by atoms with Gasteiger partial charge in [0.15, 0.2) is 5.96 Å². The molecule has 0 bridgehead atoms. The van der Waals surface area contributed by atoms with Crippen molar-refractivity contribution < 1.29 is 9.84 Å². The van der Waals surface area contributed by atoms with Gasteiger partial charge in [0.05, 0.1) is 6.10 Å². The first-order chi connectivity index (χ1) is 12.7. The van der Waals surface area contributed by atoms with E-state index >= 15 is 0 Å². The first-order valence-corrected chi connectivity index (χ1v) is 11.0. The van der Waals surface area contributed by atoms with Crippen LogP contribution in [0.2, 0.25) is 0 Å². The Morgan fingerprint density at radius 2 is 1.96 bits per heavy atom. The van der Waals surface area contributed by atoms with Crippen molar-refractivity contribution in [2.75, 3.05) is 26.3 Å². The minimum absolute atomic E-state index is 0.210. The maximum Gasteiger partial charge on any atom is 0.191 e. The van der Waals surface area contributed by atoms with Gasteiger partial charge in [-0.15, -0.1) is 0 Å². The molecule has 1 aliphatic heterocycles. The van der Waals surface area contributed by atoms with Crippen molar-refractivity contribution in [2.45, 2.75) is 83.3 Å². The van der Waals surface area contributed by atoms with Crippen LogP contribution in [0.25, 0.3) is 0 Å². The number of ether oxygens (including phenoxy) is 1. The SMILES string of the molecule is CCNC(=NCC1(CCO)CCCCC1)NC1C2CCOC2C12CCC2. The van der Waals surface area contributed by atoms with Gasteiger partial charge < -0.3 is 20.5 Å². The van der Waals surface area contributed by atoms with E-state index in [1.807, 2.05) is 0 Å². The number of guanidine groups is 1. The van der Waals surface area contributed by atoms with Crippen LogP contribution in [0.3, 0.4) is 0 Å². The van der Waals surface area contributed by atoms with E-state index in [1.54, 1.807) is 0 Å². The molecule has 26 heavy (non-hydrogen) atoms. The van der Waals surface area contributed by atoms with Gasteiger partial charge in [-0.05, 0) is 50.9 Å². The Balaban J connectivity index is 1.44. The van der Waals surface area contributed by atoms with Crippen molar-refractivity contribution in [3.63, 3.8) is 0 Å². The predicted octanol–water partition coefficient (Wildman–Crippen LogP) is 2.83. The lowest BCUT2D eigenvalue weighted by atomic mass is 9.46. The van der Waals surface area contributed by atoms with E-state index in [9.17, 15) is 5.11 Å². The summed E-state index contributed by atoms with van der Waals surface area (Å²) in [7, 11) is 0. The standard InChI is InChI=1S/C21H37N3O2/c1-2-22-19(23-15-20(12-13-25)8-4-3-5-9-20)24-17-16-7-14-26-18(16)21(17)10-6-11-21/h16-18,25H,2-15H2,1H3,(H2,22,23,24). The summed E-state index contributed by atoms with van der Waals surface area (Å²) in [6, 6.07) is 0.529. The number of nitrogens with zero attached hydrogens (tertiary/aromatic N) is 1. The summed E-state index contributed by atoms with van der Waals surface area (Å²) in [5, 5.41) is 16.9. The van der Waals surface area contributed by atoms with Gasteiger partial charge in [0.2, 0.25) is 0 Å². The average Bonchev–Trinajstić information content (AvgIpc) is 3.02. The number of fused-ring (bicyclic) bond motifs is 2. The molecule has 3 N–H and O–H groups in total. The molecule has 0 amide bonds. The number of nitrogens with one attached hydrogen (secondary N) is 2. The first kappa shape index (κ1) is 18.5. The second kappa shape index (κ2) is 7.67. The van der Waals surface area contributed by atoms with E-state index < -0.39 is 0 Å². The minimum Gasteiger partial charge on any atom is -0.396 e. The molecule has 4 aliphatic rings. The van der Waals surface area contributed by atoms with E-state index in [-0.39, 0.29) is 12.0 Å². The van der Waals surface area contributed by atoms with Gasteiger partial charge in [-0.2, -0.15) is 0 Å². The summed E-state index contributed by atoms with van der Waals surface area (Å²) in [6.45, 7) is 5.09. The lowest BCUT2D eigenvalue weighted by molar-refractivity contribution is -0.171. The fourth-order valence-electron chi connectivity index (χ4n) is 6.20. The van der Waals surface area contributed by atoms with Crippen LogP contribution >= 0.6 is 0 Å². The van der Waals surface area contributed by atoms with Gasteiger partial charge in [-0.25, -0.2) is 0 Å². The van der Waals surface area contributed by atoms with Gasteiger partial charge in [-0.3, -0.25) is 4.99 Å². The Bertz CT molecular complexity index is 506. The average molecular weight is 364 g/mol. The molecule has 3 unspecified atom stereocenters. The van der Waals surface area contributed by atoms with Crippen LogP contribution in [0.5, 0.6) is 0 Å². The highest BCUT2D eigenvalue weighted by molar-refractivity contribution is 5.80. The number of hydrogen-bond acceptors (Lipinski definition) is 3. The van der Waals surface area contributed by atoms with Crippen LogP contribution in [0.4, 0.5) is 0 Å². The number of rotatable bonds is 6. The Labute approximate surface area is 158 Å². The van der Waals surface area contributed by atoms with E-state index in [2.05, 4.69) is 17.6 Å². The van der Waals surface area contributed by atoms with Crippen LogP contribution < -0.4 is 10.6 Å². The highest BCUT2D eigenvalue weighted by Gasteiger charge is 2.66. The van der Waals surface area contributed by atoms with Gasteiger partial charge in [0, 0.05) is 43.7 Å². The molecule has 1 saturated heterocycles. The zero-order valence-corrected chi connectivity index (χ0v) is 16.4. The molecular weight excluding hydrogens is 326 g/mol. The quantitative estimate of drug-likeness (QED) is 0.501. The molecule has 148 valence electrons. The molecule has 3 atom stereocenters. The lowest BCUT2D eigenvalue weighted by Gasteiger charge is -2.63. The number of aliphatic hydroxyl groups excluding tert-OH is 1. The normalized spacial score (nSPS) is 34.7. The van der Waals surface area contributed by atoms with Crippen molar-refractivity contribution in [1.29, 1.82) is 0 Å². The third-order valence-electron chi connectivity index (χ3n) is 7.80. The summed E-state index contributed by atoms with van der Waals surface area (Å²) < 4.78 is 6.06.